The van der Waals surface area contributed by atoms with Gasteiger partial charge in [0.25, 0.3) is 0 Å². The Kier molecular flexibility index (Phi) is 4.94. The topological polar surface area (TPSA) is 68.5 Å². The average Bonchev–Trinajstić information content (AvgIpc) is 2.83. The highest BCUT2D eigenvalue weighted by Crippen LogP contribution is 2.32. The van der Waals surface area contributed by atoms with Crippen LogP contribution in [0, 0.1) is 6.92 Å². The summed E-state index contributed by atoms with van der Waals surface area (Å²) in [6.45, 7) is 9.31. The van der Waals surface area contributed by atoms with E-state index in [1.165, 1.54) is 11.3 Å². The maximum absolute atomic E-state index is 12.1. The zero-order valence-electron chi connectivity index (χ0n) is 13.4. The van der Waals surface area contributed by atoms with E-state index in [9.17, 15) is 9.66 Å². The van der Waals surface area contributed by atoms with Crippen molar-refractivity contribution >= 4 is 28.4 Å². The number of aryl methyl sites for hydroxylation is 1. The van der Waals surface area contributed by atoms with Gasteiger partial charge in [0.2, 0.25) is 0 Å². The van der Waals surface area contributed by atoms with Crippen LogP contribution in [0.2, 0.25) is 0 Å². The normalized spacial score (nSPS) is 14.2. The molecule has 0 fully saturated rings. The minimum Gasteiger partial charge on any atom is -0.591 e. The van der Waals surface area contributed by atoms with E-state index in [1.54, 1.807) is 18.5 Å². The summed E-state index contributed by atoms with van der Waals surface area (Å²) in [5.74, 6) is 0.137. The highest BCUT2D eigenvalue weighted by atomic mass is 32.2. The van der Waals surface area contributed by atoms with Gasteiger partial charge in [-0.15, -0.1) is 11.3 Å². The van der Waals surface area contributed by atoms with E-state index in [2.05, 4.69) is 9.38 Å². The molecule has 1 aromatic heterocycles. The smallest absolute Gasteiger partial charge is 0.144 e. The van der Waals surface area contributed by atoms with E-state index in [1.807, 2.05) is 39.8 Å². The minimum absolute atomic E-state index is 0.137. The van der Waals surface area contributed by atoms with Crippen molar-refractivity contribution in [2.75, 3.05) is 0 Å². The molecule has 0 saturated heterocycles. The predicted molar refractivity (Wildman–Crippen MR) is 94.1 cm³/mol. The van der Waals surface area contributed by atoms with Crippen LogP contribution in [0.1, 0.15) is 39.0 Å². The Balaban J connectivity index is 2.35. The zero-order chi connectivity index (χ0) is 16.5. The largest absolute Gasteiger partial charge is 0.591 e. The summed E-state index contributed by atoms with van der Waals surface area (Å²) in [6, 6.07) is 5.44. The number of aromatic nitrogens is 1. The van der Waals surface area contributed by atoms with Gasteiger partial charge in [-0.25, -0.2) is 4.98 Å². The first kappa shape index (κ1) is 17.0. The second-order valence-corrected chi connectivity index (χ2v) is 8.80. The molecule has 0 unspecified atom stereocenters. The molecule has 1 heterocycles. The third-order valence-electron chi connectivity index (χ3n) is 3.14. The third kappa shape index (κ3) is 3.69. The monoisotopic (exact) mass is 336 g/mol. The second kappa shape index (κ2) is 6.40. The number of phenolic OH excluding ortho intramolecular Hbond substituents is 1. The lowest BCUT2D eigenvalue weighted by atomic mass is 10.1. The number of benzene rings is 1. The molecule has 22 heavy (non-hydrogen) atoms. The first-order valence-corrected chi connectivity index (χ1v) is 8.90. The number of phenols is 1. The van der Waals surface area contributed by atoms with Gasteiger partial charge in [-0.3, -0.25) is 0 Å². The van der Waals surface area contributed by atoms with Gasteiger partial charge in [-0.05, 0) is 52.3 Å². The molecule has 4 nitrogen and oxygen atoms in total. The summed E-state index contributed by atoms with van der Waals surface area (Å²) in [5.41, 5.74) is 4.82. The Morgan fingerprint density at radius 1 is 1.36 bits per heavy atom. The van der Waals surface area contributed by atoms with E-state index in [0.29, 0.717) is 11.3 Å². The van der Waals surface area contributed by atoms with Crippen LogP contribution in [0.4, 0.5) is 0 Å². The molecule has 0 saturated carbocycles. The van der Waals surface area contributed by atoms with Crippen molar-refractivity contribution in [3.63, 3.8) is 0 Å². The van der Waals surface area contributed by atoms with Gasteiger partial charge >= 0.3 is 0 Å². The molecule has 1 N–H and O–H groups in total. The molecule has 0 aliphatic rings. The van der Waals surface area contributed by atoms with Crippen LogP contribution in [0.5, 0.6) is 5.75 Å². The van der Waals surface area contributed by atoms with Crippen molar-refractivity contribution < 1.29 is 9.66 Å². The minimum atomic E-state index is -1.35. The van der Waals surface area contributed by atoms with E-state index in [0.717, 1.165) is 16.1 Å². The van der Waals surface area contributed by atoms with Gasteiger partial charge in [0, 0.05) is 5.56 Å². The number of thiazole rings is 1. The zero-order valence-corrected chi connectivity index (χ0v) is 15.0. The van der Waals surface area contributed by atoms with E-state index < -0.39 is 16.1 Å². The Bertz CT molecular complexity index is 702. The maximum Gasteiger partial charge on any atom is 0.144 e. The summed E-state index contributed by atoms with van der Waals surface area (Å²) in [7, 11) is 0. The van der Waals surface area contributed by atoms with Crippen LogP contribution in [0.15, 0.2) is 28.1 Å². The predicted octanol–water partition coefficient (Wildman–Crippen LogP) is 4.10. The molecule has 2 aromatic rings. The lowest BCUT2D eigenvalue weighted by Crippen LogP contribution is -2.26. The number of nitrogens with zero attached hydrogens (tertiary/aromatic N) is 2. The summed E-state index contributed by atoms with van der Waals surface area (Å²) in [6.07, 6.45) is 0. The molecule has 0 aliphatic heterocycles. The number of hydrogen-bond acceptors (Lipinski definition) is 5. The molecular weight excluding hydrogens is 316 g/mol. The highest BCUT2D eigenvalue weighted by Gasteiger charge is 2.27. The van der Waals surface area contributed by atoms with E-state index >= 15 is 0 Å². The Morgan fingerprint density at radius 3 is 2.55 bits per heavy atom. The van der Waals surface area contributed by atoms with Crippen LogP contribution < -0.4 is 0 Å². The first-order valence-electron chi connectivity index (χ1n) is 6.91. The van der Waals surface area contributed by atoms with Gasteiger partial charge in [0.1, 0.15) is 21.9 Å². The number of hydrogen-bond donors (Lipinski definition) is 1. The molecule has 2 rings (SSSR count). The molecule has 0 radical (unpaired) electrons. The van der Waals surface area contributed by atoms with Crippen molar-refractivity contribution in [1.29, 1.82) is 0 Å². The lowest BCUT2D eigenvalue weighted by molar-refractivity contribution is 0.474. The Labute approximate surface area is 138 Å². The van der Waals surface area contributed by atoms with Gasteiger partial charge in [0.15, 0.2) is 0 Å². The number of rotatable bonds is 3. The van der Waals surface area contributed by atoms with Gasteiger partial charge in [0.05, 0.1) is 21.8 Å². The third-order valence-corrected chi connectivity index (χ3v) is 5.60. The SMILES string of the molecule is C/C(=N\[S@+]([O-])C(C)(C)C)c1ccc(-c2scnc2C)cc1O. The highest BCUT2D eigenvalue weighted by molar-refractivity contribution is 7.91. The van der Waals surface area contributed by atoms with Crippen LogP contribution in [-0.4, -0.2) is 25.1 Å². The molecular formula is C16H20N2O2S2. The van der Waals surface area contributed by atoms with Crippen molar-refractivity contribution in [2.24, 2.45) is 4.40 Å². The number of aromatic hydroxyl groups is 1. The Hall–Kier alpha value is -1.37. The van der Waals surface area contributed by atoms with Crippen molar-refractivity contribution in [3.8, 4) is 16.2 Å². The fraction of sp³-hybridized carbons (Fsp3) is 0.375. The molecule has 118 valence electrons. The fourth-order valence-corrected chi connectivity index (χ4v) is 3.29. The van der Waals surface area contributed by atoms with E-state index in [-0.39, 0.29) is 5.75 Å². The van der Waals surface area contributed by atoms with Crippen molar-refractivity contribution in [1.82, 2.24) is 4.98 Å². The molecule has 1 atom stereocenters. The van der Waals surface area contributed by atoms with Gasteiger partial charge < -0.3 is 9.66 Å². The summed E-state index contributed by atoms with van der Waals surface area (Å²) >= 11 is 0.193. The summed E-state index contributed by atoms with van der Waals surface area (Å²) < 4.78 is 15.9. The van der Waals surface area contributed by atoms with Crippen LogP contribution in [0.3, 0.4) is 0 Å². The Morgan fingerprint density at radius 2 is 2.05 bits per heavy atom. The van der Waals surface area contributed by atoms with Crippen LogP contribution in [-0.2, 0) is 11.4 Å². The summed E-state index contributed by atoms with van der Waals surface area (Å²) in [5, 5.41) is 10.3. The van der Waals surface area contributed by atoms with Crippen LogP contribution >= 0.6 is 11.3 Å². The standard InChI is InChI=1S/C16H20N2O2S2/c1-10(18-22(20)16(3,4)5)13-7-6-12(8-14(13)19)15-11(2)17-9-21-15/h6-9,19H,1-5H3/b18-10+/t22-/m1/s1. The van der Waals surface area contributed by atoms with Gasteiger partial charge in [-0.2, -0.15) is 0 Å². The quantitative estimate of drug-likeness (QED) is 0.678. The van der Waals surface area contributed by atoms with Crippen LogP contribution in [0.25, 0.3) is 10.4 Å². The van der Waals surface area contributed by atoms with Crippen molar-refractivity contribution in [2.45, 2.75) is 39.4 Å². The maximum atomic E-state index is 12.1. The second-order valence-electron chi connectivity index (χ2n) is 6.04. The molecule has 0 amide bonds. The van der Waals surface area contributed by atoms with E-state index in [4.69, 9.17) is 0 Å². The molecule has 0 bridgehead atoms. The summed E-state index contributed by atoms with van der Waals surface area (Å²) in [4.78, 5) is 5.26. The molecule has 1 aromatic carbocycles. The molecule has 6 heteroatoms. The van der Waals surface area contributed by atoms with Gasteiger partial charge in [-0.1, -0.05) is 10.5 Å². The molecule has 0 spiro atoms. The fourth-order valence-electron chi connectivity index (χ4n) is 1.87. The molecule has 0 aliphatic carbocycles. The first-order chi connectivity index (χ1) is 10.2. The van der Waals surface area contributed by atoms with Crippen molar-refractivity contribution in [3.05, 3.63) is 35.0 Å². The average molecular weight is 336 g/mol. The lowest BCUT2D eigenvalue weighted by Gasteiger charge is -2.19.